The molecular weight excluding hydrogens is 358 g/mol. The molecule has 2 aromatic rings. The van der Waals surface area contributed by atoms with Gasteiger partial charge < -0.3 is 10.6 Å². The van der Waals surface area contributed by atoms with E-state index >= 15 is 0 Å². The highest BCUT2D eigenvalue weighted by Crippen LogP contribution is 2.26. The van der Waals surface area contributed by atoms with Crippen molar-refractivity contribution in [3.8, 4) is 0 Å². The molecule has 0 saturated heterocycles. The second-order valence-electron chi connectivity index (χ2n) is 5.87. The van der Waals surface area contributed by atoms with E-state index < -0.39 is 22.8 Å². The van der Waals surface area contributed by atoms with Crippen LogP contribution in [-0.4, -0.2) is 23.6 Å². The number of amides is 2. The second-order valence-corrected chi connectivity index (χ2v) is 7.25. The van der Waals surface area contributed by atoms with Crippen molar-refractivity contribution in [1.82, 2.24) is 5.32 Å². The Bertz CT molecular complexity index is 807. The van der Waals surface area contributed by atoms with E-state index in [0.29, 0.717) is 0 Å². The first kappa shape index (κ1) is 19.9. The molecule has 0 spiro atoms. The SMILES string of the molecule is Cc1cccc(C)c1NC(=O)CNC(=O)[C@@H](C)Sc1cc(F)ccc1F. The number of aryl methyl sites for hydroxylation is 2. The average molecular weight is 378 g/mol. The zero-order valence-electron chi connectivity index (χ0n) is 14.7. The monoisotopic (exact) mass is 378 g/mol. The molecule has 4 nitrogen and oxygen atoms in total. The van der Waals surface area contributed by atoms with E-state index in [0.717, 1.165) is 46.8 Å². The molecular formula is C19H20F2N2O2S. The Hall–Kier alpha value is -2.41. The summed E-state index contributed by atoms with van der Waals surface area (Å²) >= 11 is 0.894. The number of carbonyl (C=O) groups excluding carboxylic acids is 2. The summed E-state index contributed by atoms with van der Waals surface area (Å²) < 4.78 is 26.8. The summed E-state index contributed by atoms with van der Waals surface area (Å²) in [6, 6.07) is 8.73. The number of benzene rings is 2. The number of nitrogens with one attached hydrogen (secondary N) is 2. The summed E-state index contributed by atoms with van der Waals surface area (Å²) in [5.74, 6) is -1.96. The molecule has 0 aliphatic rings. The van der Waals surface area contributed by atoms with Crippen LogP contribution >= 0.6 is 11.8 Å². The van der Waals surface area contributed by atoms with Crippen LogP contribution in [-0.2, 0) is 9.59 Å². The van der Waals surface area contributed by atoms with Gasteiger partial charge in [-0.25, -0.2) is 8.78 Å². The lowest BCUT2D eigenvalue weighted by Gasteiger charge is -2.14. The highest BCUT2D eigenvalue weighted by Gasteiger charge is 2.18. The van der Waals surface area contributed by atoms with E-state index in [1.165, 1.54) is 0 Å². The fraction of sp³-hybridized carbons (Fsp3) is 0.263. The van der Waals surface area contributed by atoms with Crippen LogP contribution in [0.5, 0.6) is 0 Å². The van der Waals surface area contributed by atoms with Crippen LogP contribution in [0.2, 0.25) is 0 Å². The molecule has 0 aliphatic heterocycles. The van der Waals surface area contributed by atoms with E-state index in [-0.39, 0.29) is 17.3 Å². The summed E-state index contributed by atoms with van der Waals surface area (Å²) in [5, 5.41) is 4.60. The Balaban J connectivity index is 1.89. The molecule has 0 saturated carbocycles. The number of carbonyl (C=O) groups is 2. The lowest BCUT2D eigenvalue weighted by atomic mass is 10.1. The summed E-state index contributed by atoms with van der Waals surface area (Å²) in [7, 11) is 0. The number of hydrogen-bond donors (Lipinski definition) is 2. The van der Waals surface area contributed by atoms with Gasteiger partial charge in [-0.2, -0.15) is 0 Å². The van der Waals surface area contributed by atoms with Crippen molar-refractivity contribution in [2.45, 2.75) is 30.9 Å². The molecule has 2 rings (SSSR count). The minimum Gasteiger partial charge on any atom is -0.346 e. The minimum atomic E-state index is -0.681. The first-order chi connectivity index (χ1) is 12.3. The van der Waals surface area contributed by atoms with Gasteiger partial charge in [-0.15, -0.1) is 11.8 Å². The van der Waals surface area contributed by atoms with Crippen molar-refractivity contribution in [3.63, 3.8) is 0 Å². The predicted molar refractivity (Wildman–Crippen MR) is 99.2 cm³/mol. The van der Waals surface area contributed by atoms with Crippen molar-refractivity contribution >= 4 is 29.3 Å². The Kier molecular flexibility index (Phi) is 6.74. The molecule has 26 heavy (non-hydrogen) atoms. The summed E-state index contributed by atoms with van der Waals surface area (Å²) in [6.45, 7) is 5.12. The van der Waals surface area contributed by atoms with Gasteiger partial charge in [-0.1, -0.05) is 18.2 Å². The number of para-hydroxylation sites is 1. The maximum Gasteiger partial charge on any atom is 0.243 e. The standard InChI is InChI=1S/C19H20F2N2O2S/c1-11-5-4-6-12(2)18(11)23-17(24)10-22-19(25)13(3)26-16-9-14(20)7-8-15(16)21/h4-9,13H,10H2,1-3H3,(H,22,25)(H,23,24)/t13-/m1/s1. The van der Waals surface area contributed by atoms with Crippen LogP contribution in [0.1, 0.15) is 18.1 Å². The third kappa shape index (κ3) is 5.29. The second kappa shape index (κ2) is 8.80. The zero-order valence-corrected chi connectivity index (χ0v) is 15.5. The van der Waals surface area contributed by atoms with E-state index in [9.17, 15) is 18.4 Å². The van der Waals surface area contributed by atoms with E-state index in [4.69, 9.17) is 0 Å². The van der Waals surface area contributed by atoms with Gasteiger partial charge in [0.05, 0.1) is 11.8 Å². The Morgan fingerprint density at radius 1 is 1.12 bits per heavy atom. The van der Waals surface area contributed by atoms with Gasteiger partial charge in [0.2, 0.25) is 11.8 Å². The van der Waals surface area contributed by atoms with Crippen LogP contribution in [0.3, 0.4) is 0 Å². The van der Waals surface area contributed by atoms with Gasteiger partial charge in [0, 0.05) is 10.6 Å². The average Bonchev–Trinajstić information content (AvgIpc) is 2.59. The van der Waals surface area contributed by atoms with Crippen LogP contribution in [0.25, 0.3) is 0 Å². The highest BCUT2D eigenvalue weighted by atomic mass is 32.2. The minimum absolute atomic E-state index is 0.0487. The normalized spacial score (nSPS) is 11.7. The topological polar surface area (TPSA) is 58.2 Å². The molecule has 0 unspecified atom stereocenters. The predicted octanol–water partition coefficient (Wildman–Crippen LogP) is 3.82. The number of rotatable bonds is 6. The molecule has 138 valence electrons. The smallest absolute Gasteiger partial charge is 0.243 e. The summed E-state index contributed by atoms with van der Waals surface area (Å²) in [5.41, 5.74) is 2.57. The molecule has 1 atom stereocenters. The van der Waals surface area contributed by atoms with E-state index in [1.54, 1.807) is 6.92 Å². The van der Waals surface area contributed by atoms with Gasteiger partial charge in [-0.3, -0.25) is 9.59 Å². The van der Waals surface area contributed by atoms with Gasteiger partial charge in [0.15, 0.2) is 0 Å². The number of halogens is 2. The van der Waals surface area contributed by atoms with Crippen LogP contribution in [0.4, 0.5) is 14.5 Å². The van der Waals surface area contributed by atoms with Gasteiger partial charge >= 0.3 is 0 Å². The highest BCUT2D eigenvalue weighted by molar-refractivity contribution is 8.00. The van der Waals surface area contributed by atoms with Crippen LogP contribution in [0, 0.1) is 25.5 Å². The van der Waals surface area contributed by atoms with Crippen LogP contribution in [0.15, 0.2) is 41.3 Å². The van der Waals surface area contributed by atoms with Gasteiger partial charge in [-0.05, 0) is 50.1 Å². The molecule has 0 fully saturated rings. The third-order valence-corrected chi connectivity index (χ3v) is 4.87. The molecule has 0 heterocycles. The van der Waals surface area contributed by atoms with Crippen molar-refractivity contribution < 1.29 is 18.4 Å². The van der Waals surface area contributed by atoms with Crippen molar-refractivity contribution in [3.05, 3.63) is 59.2 Å². The molecule has 0 radical (unpaired) electrons. The molecule has 2 N–H and O–H groups in total. The largest absolute Gasteiger partial charge is 0.346 e. The maximum absolute atomic E-state index is 13.6. The number of hydrogen-bond acceptors (Lipinski definition) is 3. The lowest BCUT2D eigenvalue weighted by Crippen LogP contribution is -2.37. The van der Waals surface area contributed by atoms with Crippen molar-refractivity contribution in [1.29, 1.82) is 0 Å². The molecule has 7 heteroatoms. The van der Waals surface area contributed by atoms with Gasteiger partial charge in [0.1, 0.15) is 11.6 Å². The maximum atomic E-state index is 13.6. The Morgan fingerprint density at radius 2 is 1.77 bits per heavy atom. The first-order valence-electron chi connectivity index (χ1n) is 8.03. The van der Waals surface area contributed by atoms with Gasteiger partial charge in [0.25, 0.3) is 0 Å². The molecule has 0 bridgehead atoms. The third-order valence-electron chi connectivity index (χ3n) is 3.73. The molecule has 0 aromatic heterocycles. The number of anilines is 1. The Labute approximate surface area is 155 Å². The first-order valence-corrected chi connectivity index (χ1v) is 8.91. The lowest BCUT2D eigenvalue weighted by molar-refractivity contribution is -0.123. The summed E-state index contributed by atoms with van der Waals surface area (Å²) in [6.07, 6.45) is 0. The Morgan fingerprint density at radius 3 is 2.42 bits per heavy atom. The summed E-state index contributed by atoms with van der Waals surface area (Å²) in [4.78, 5) is 24.2. The van der Waals surface area contributed by atoms with Crippen molar-refractivity contribution in [2.24, 2.45) is 0 Å². The fourth-order valence-electron chi connectivity index (χ4n) is 2.32. The fourth-order valence-corrected chi connectivity index (χ4v) is 3.25. The molecule has 0 aliphatic carbocycles. The van der Waals surface area contributed by atoms with Crippen LogP contribution < -0.4 is 10.6 Å². The van der Waals surface area contributed by atoms with Crippen molar-refractivity contribution in [2.75, 3.05) is 11.9 Å². The quantitative estimate of drug-likeness (QED) is 0.752. The molecule has 2 amide bonds. The van der Waals surface area contributed by atoms with E-state index in [2.05, 4.69) is 10.6 Å². The molecule has 2 aromatic carbocycles. The van der Waals surface area contributed by atoms with E-state index in [1.807, 2.05) is 32.0 Å². The number of thioether (sulfide) groups is 1. The zero-order chi connectivity index (χ0) is 19.3.